The van der Waals surface area contributed by atoms with Crippen LogP contribution in [0.4, 0.5) is 0 Å². The summed E-state index contributed by atoms with van der Waals surface area (Å²) in [5.41, 5.74) is 0. The molecule has 4 unspecified atom stereocenters. The van der Waals surface area contributed by atoms with Gasteiger partial charge in [0.25, 0.3) is 0 Å². The first-order valence-electron chi connectivity index (χ1n) is 7.39. The molecule has 1 radical (unpaired) electrons. The van der Waals surface area contributed by atoms with Gasteiger partial charge in [-0.15, -0.1) is 0 Å². The number of hydrogen-bond acceptors (Lipinski definition) is 13. The fourth-order valence-corrected chi connectivity index (χ4v) is 1.42. The van der Waals surface area contributed by atoms with E-state index >= 15 is 0 Å². The van der Waals surface area contributed by atoms with Crippen molar-refractivity contribution in [1.82, 2.24) is 0 Å². The zero-order chi connectivity index (χ0) is 24.9. The molecule has 0 spiro atoms. The van der Waals surface area contributed by atoms with Gasteiger partial charge in [0.2, 0.25) is 0 Å². The number of hydrogen-bond donors (Lipinski definition) is 2. The van der Waals surface area contributed by atoms with Crippen LogP contribution in [0.1, 0.15) is 0 Å². The van der Waals surface area contributed by atoms with Crippen molar-refractivity contribution in [2.75, 3.05) is 47.6 Å². The van der Waals surface area contributed by atoms with Crippen molar-refractivity contribution in [3.8, 4) is 0 Å². The number of ether oxygens (including phenoxy) is 6. The monoisotopic (exact) mass is 756 g/mol. The SMILES string of the molecule is CI.COC(=O)C(O)C(O)C(=O)OC.COC(=O)C(OC)C(OC)C(=O)OC.[Ag].[O]=[Ag]. The van der Waals surface area contributed by atoms with Crippen molar-refractivity contribution in [2.45, 2.75) is 24.4 Å². The number of alkyl halides is 1. The van der Waals surface area contributed by atoms with Gasteiger partial charge in [0.05, 0.1) is 28.4 Å². The number of halogens is 1. The second-order valence-corrected chi connectivity index (χ2v) is 4.29. The molecule has 0 amide bonds. The Labute approximate surface area is 221 Å². The van der Waals surface area contributed by atoms with Crippen LogP contribution in [0.3, 0.4) is 0 Å². The topological polar surface area (TPSA) is 181 Å². The van der Waals surface area contributed by atoms with E-state index in [1.807, 2.05) is 4.93 Å². The van der Waals surface area contributed by atoms with E-state index in [1.54, 1.807) is 21.0 Å². The summed E-state index contributed by atoms with van der Waals surface area (Å²) < 4.78 is 34.6. The van der Waals surface area contributed by atoms with Crippen molar-refractivity contribution in [3.05, 3.63) is 0 Å². The fourth-order valence-electron chi connectivity index (χ4n) is 1.42. The molecule has 13 nitrogen and oxygen atoms in total. The zero-order valence-corrected chi connectivity index (χ0v) is 22.8. The van der Waals surface area contributed by atoms with Crippen molar-refractivity contribution in [3.63, 3.8) is 0 Å². The third kappa shape index (κ3) is 17.9. The van der Waals surface area contributed by atoms with Crippen LogP contribution in [0, 0.1) is 0 Å². The second kappa shape index (κ2) is 27.8. The molecule has 0 fully saturated rings. The summed E-state index contributed by atoms with van der Waals surface area (Å²) in [6, 6.07) is 0. The van der Waals surface area contributed by atoms with Crippen LogP contribution in [0.25, 0.3) is 0 Å². The molecule has 0 aromatic rings. The van der Waals surface area contributed by atoms with E-state index < -0.39 is 48.3 Å². The molecule has 0 saturated heterocycles. The Bertz CT molecular complexity index is 454. The molecule has 0 saturated carbocycles. The van der Waals surface area contributed by atoms with E-state index in [0.29, 0.717) is 0 Å². The standard InChI is InChI=1S/C8H14O6.C6H10O6.CH3I.2Ag.O/c1-11-5(7(9)13-3)6(12-2)8(10)14-4;1-11-5(9)3(7)4(8)6(10)12-2;1-2;;;/h5-6H,1-4H3;3-4,7-8H,1-2H3;1H3;;;. The number of carbonyl (C=O) groups excluding carboxylic acids is 4. The molecule has 31 heavy (non-hydrogen) atoms. The Kier molecular flexibility index (Phi) is 36.7. The summed E-state index contributed by atoms with van der Waals surface area (Å²) in [4.78, 5) is 45.3. The first kappa shape index (κ1) is 41.0. The predicted molar refractivity (Wildman–Crippen MR) is 102 cm³/mol. The van der Waals surface area contributed by atoms with E-state index in [2.05, 4.69) is 41.5 Å². The van der Waals surface area contributed by atoms with Gasteiger partial charge in [-0.1, -0.05) is 22.6 Å². The Morgan fingerprint density at radius 1 is 0.613 bits per heavy atom. The predicted octanol–water partition coefficient (Wildman–Crippen LogP) is -1.66. The average Bonchev–Trinajstić information content (AvgIpc) is 2.82. The molecular formula is C15H27Ag2IO13. The third-order valence-corrected chi connectivity index (χ3v) is 2.83. The first-order chi connectivity index (χ1) is 14.2. The van der Waals surface area contributed by atoms with Gasteiger partial charge in [0.15, 0.2) is 24.4 Å². The van der Waals surface area contributed by atoms with Gasteiger partial charge in [-0.2, -0.15) is 0 Å². The molecule has 4 atom stereocenters. The van der Waals surface area contributed by atoms with E-state index in [4.69, 9.17) is 22.9 Å². The van der Waals surface area contributed by atoms with Gasteiger partial charge in [0, 0.05) is 36.6 Å². The Morgan fingerprint density at radius 3 is 0.935 bits per heavy atom. The Morgan fingerprint density at radius 2 is 0.806 bits per heavy atom. The number of esters is 4. The van der Waals surface area contributed by atoms with Crippen LogP contribution in [0.2, 0.25) is 0 Å². The number of methoxy groups -OCH3 is 6. The van der Waals surface area contributed by atoms with Crippen LogP contribution in [-0.2, 0) is 94.3 Å². The normalized spacial score (nSPS) is 12.5. The van der Waals surface area contributed by atoms with Gasteiger partial charge in [0.1, 0.15) is 0 Å². The van der Waals surface area contributed by atoms with E-state index in [1.165, 1.54) is 28.4 Å². The van der Waals surface area contributed by atoms with Crippen LogP contribution in [0.5, 0.6) is 0 Å². The molecule has 0 aromatic heterocycles. The van der Waals surface area contributed by atoms with Gasteiger partial charge in [-0.3, -0.25) is 0 Å². The molecule has 2 N–H and O–H groups in total. The number of aliphatic hydroxyl groups excluding tert-OH is 2. The van der Waals surface area contributed by atoms with E-state index in [9.17, 15) is 19.2 Å². The number of aliphatic hydroxyl groups is 2. The molecule has 0 aliphatic heterocycles. The van der Waals surface area contributed by atoms with Gasteiger partial charge < -0.3 is 38.6 Å². The van der Waals surface area contributed by atoms with Crippen molar-refractivity contribution in [1.29, 1.82) is 0 Å². The maximum atomic E-state index is 11.1. The maximum absolute atomic E-state index is 11.1. The third-order valence-electron chi connectivity index (χ3n) is 2.83. The summed E-state index contributed by atoms with van der Waals surface area (Å²) in [5.74, 6) is -3.56. The Hall–Kier alpha value is -0.269. The van der Waals surface area contributed by atoms with E-state index in [0.717, 1.165) is 14.2 Å². The van der Waals surface area contributed by atoms with Crippen molar-refractivity contribution in [2.24, 2.45) is 0 Å². The molecule has 0 heterocycles. The van der Waals surface area contributed by atoms with Crippen LogP contribution in [0.15, 0.2) is 0 Å². The van der Waals surface area contributed by atoms with Crippen molar-refractivity contribution < 1.29 is 104 Å². The number of rotatable bonds is 8. The van der Waals surface area contributed by atoms with E-state index in [-0.39, 0.29) is 22.4 Å². The zero-order valence-electron chi connectivity index (χ0n) is 17.7. The fraction of sp³-hybridized carbons (Fsp3) is 0.733. The second-order valence-electron chi connectivity index (χ2n) is 4.29. The summed E-state index contributed by atoms with van der Waals surface area (Å²) in [6.45, 7) is 0. The summed E-state index contributed by atoms with van der Waals surface area (Å²) in [6.07, 6.45) is -6.03. The molecule has 0 bridgehead atoms. The summed E-state index contributed by atoms with van der Waals surface area (Å²) in [5, 5.41) is 17.7. The molecule has 16 heteroatoms. The van der Waals surface area contributed by atoms with Crippen molar-refractivity contribution >= 4 is 46.5 Å². The van der Waals surface area contributed by atoms with Gasteiger partial charge in [-0.25, -0.2) is 19.2 Å². The van der Waals surface area contributed by atoms with Gasteiger partial charge >= 0.3 is 48.2 Å². The minimum atomic E-state index is -1.90. The van der Waals surface area contributed by atoms with Crippen LogP contribution >= 0.6 is 22.6 Å². The molecule has 0 aliphatic carbocycles. The Balaban J connectivity index is -0.000000122. The summed E-state index contributed by atoms with van der Waals surface area (Å²) in [7, 11) is 6.98. The minimum absolute atomic E-state index is 0. The van der Waals surface area contributed by atoms with Crippen LogP contribution in [-0.4, -0.2) is 106 Å². The number of carbonyl (C=O) groups is 4. The molecule has 0 rings (SSSR count). The molecule has 0 aromatic carbocycles. The first-order valence-corrected chi connectivity index (χ1v) is 10.2. The molecule has 194 valence electrons. The quantitative estimate of drug-likeness (QED) is 0.0946. The van der Waals surface area contributed by atoms with Gasteiger partial charge in [-0.05, 0) is 4.93 Å². The van der Waals surface area contributed by atoms with Crippen LogP contribution < -0.4 is 0 Å². The molecule has 0 aliphatic rings. The average molecular weight is 758 g/mol. The summed E-state index contributed by atoms with van der Waals surface area (Å²) >= 11 is 3.85. The molecular weight excluding hydrogens is 731 g/mol.